The molecule has 0 unspecified atom stereocenters. The molecule has 4 heteroatoms. The van der Waals surface area contributed by atoms with E-state index >= 15 is 0 Å². The summed E-state index contributed by atoms with van der Waals surface area (Å²) in [5.41, 5.74) is 3.11. The minimum atomic E-state index is -0.453. The van der Waals surface area contributed by atoms with Crippen molar-refractivity contribution in [1.29, 1.82) is 0 Å². The number of rotatable bonds is 4. The van der Waals surface area contributed by atoms with Gasteiger partial charge in [-0.3, -0.25) is 0 Å². The van der Waals surface area contributed by atoms with E-state index in [9.17, 15) is 5.11 Å². The van der Waals surface area contributed by atoms with Gasteiger partial charge in [0.25, 0.3) is 0 Å². The van der Waals surface area contributed by atoms with Gasteiger partial charge in [-0.25, -0.2) is 4.98 Å². The second-order valence-electron chi connectivity index (χ2n) is 6.37. The Kier molecular flexibility index (Phi) is 4.69. The highest BCUT2D eigenvalue weighted by molar-refractivity contribution is 7.09. The largest absolute Gasteiger partial charge is 0.486 e. The summed E-state index contributed by atoms with van der Waals surface area (Å²) in [6.45, 7) is 10.7. The molecule has 21 heavy (non-hydrogen) atoms. The zero-order valence-corrected chi connectivity index (χ0v) is 14.1. The summed E-state index contributed by atoms with van der Waals surface area (Å²) in [6.07, 6.45) is -0.453. The molecule has 0 saturated heterocycles. The van der Waals surface area contributed by atoms with Crippen molar-refractivity contribution in [3.8, 4) is 5.75 Å². The minimum absolute atomic E-state index is 0.0730. The van der Waals surface area contributed by atoms with E-state index in [1.807, 2.05) is 25.1 Å². The topological polar surface area (TPSA) is 42.4 Å². The van der Waals surface area contributed by atoms with Crippen LogP contribution in [0.3, 0.4) is 0 Å². The first-order chi connectivity index (χ1) is 9.77. The van der Waals surface area contributed by atoms with E-state index in [2.05, 4.69) is 31.1 Å². The van der Waals surface area contributed by atoms with E-state index in [1.165, 1.54) is 0 Å². The number of hydrogen-bond acceptors (Lipinski definition) is 4. The second kappa shape index (κ2) is 6.16. The smallest absolute Gasteiger partial charge is 0.140 e. The zero-order chi connectivity index (χ0) is 15.6. The number of thiazole rings is 1. The lowest BCUT2D eigenvalue weighted by Gasteiger charge is -2.14. The number of benzene rings is 1. The molecule has 1 aromatic carbocycles. The van der Waals surface area contributed by atoms with Crippen LogP contribution in [0.5, 0.6) is 5.75 Å². The first kappa shape index (κ1) is 16.0. The Morgan fingerprint density at radius 3 is 2.57 bits per heavy atom. The molecule has 0 aliphatic carbocycles. The Labute approximate surface area is 130 Å². The fourth-order valence-corrected chi connectivity index (χ4v) is 2.89. The van der Waals surface area contributed by atoms with Gasteiger partial charge in [0.2, 0.25) is 0 Å². The van der Waals surface area contributed by atoms with Gasteiger partial charge < -0.3 is 9.84 Å². The highest BCUT2D eigenvalue weighted by atomic mass is 32.1. The van der Waals surface area contributed by atoms with Crippen LogP contribution in [0.15, 0.2) is 23.6 Å². The number of nitrogens with zero attached hydrogens (tertiary/aromatic N) is 1. The number of aryl methyl sites for hydroxylation is 1. The SMILES string of the molecule is Cc1cc([C@H](C)O)ccc1OCc1nc(C(C)(C)C)cs1. The van der Waals surface area contributed by atoms with Crippen LogP contribution < -0.4 is 4.74 Å². The number of ether oxygens (including phenoxy) is 1. The van der Waals surface area contributed by atoms with Gasteiger partial charge in [-0.2, -0.15) is 0 Å². The molecule has 2 aromatic rings. The molecular formula is C17H23NO2S. The zero-order valence-electron chi connectivity index (χ0n) is 13.3. The number of aromatic nitrogens is 1. The summed E-state index contributed by atoms with van der Waals surface area (Å²) >= 11 is 1.63. The van der Waals surface area contributed by atoms with E-state index in [0.29, 0.717) is 6.61 Å². The van der Waals surface area contributed by atoms with E-state index in [4.69, 9.17) is 4.74 Å². The summed E-state index contributed by atoms with van der Waals surface area (Å²) < 4.78 is 5.85. The van der Waals surface area contributed by atoms with Crippen LogP contribution in [0.1, 0.15) is 55.6 Å². The van der Waals surface area contributed by atoms with Gasteiger partial charge in [-0.1, -0.05) is 26.8 Å². The van der Waals surface area contributed by atoms with Gasteiger partial charge in [-0.05, 0) is 37.1 Å². The normalized spacial score (nSPS) is 13.2. The van der Waals surface area contributed by atoms with Crippen LogP contribution >= 0.6 is 11.3 Å². The standard InChI is InChI=1S/C17H23NO2S/c1-11-8-13(12(2)19)6-7-14(11)20-9-16-18-15(10-21-16)17(3,4)5/h6-8,10,12,19H,9H2,1-5H3/t12-/m0/s1. The molecule has 0 aliphatic heterocycles. The van der Waals surface area contributed by atoms with Crippen molar-refractivity contribution in [1.82, 2.24) is 4.98 Å². The predicted molar refractivity (Wildman–Crippen MR) is 87.0 cm³/mol. The van der Waals surface area contributed by atoms with Crippen molar-refractivity contribution < 1.29 is 9.84 Å². The molecule has 0 radical (unpaired) electrons. The fraction of sp³-hybridized carbons (Fsp3) is 0.471. The average molecular weight is 305 g/mol. The second-order valence-corrected chi connectivity index (χ2v) is 7.31. The quantitative estimate of drug-likeness (QED) is 0.911. The Morgan fingerprint density at radius 2 is 2.05 bits per heavy atom. The maximum atomic E-state index is 9.58. The summed E-state index contributed by atoms with van der Waals surface area (Å²) in [5, 5.41) is 12.7. The van der Waals surface area contributed by atoms with Crippen LogP contribution in [0.25, 0.3) is 0 Å². The van der Waals surface area contributed by atoms with Gasteiger partial charge in [0.15, 0.2) is 0 Å². The van der Waals surface area contributed by atoms with Crippen LogP contribution in [0.2, 0.25) is 0 Å². The van der Waals surface area contributed by atoms with Crippen LogP contribution in [-0.2, 0) is 12.0 Å². The van der Waals surface area contributed by atoms with Crippen molar-refractivity contribution >= 4 is 11.3 Å². The molecule has 0 amide bonds. The van der Waals surface area contributed by atoms with Crippen molar-refractivity contribution in [2.45, 2.75) is 52.7 Å². The average Bonchev–Trinajstić information content (AvgIpc) is 2.85. The van der Waals surface area contributed by atoms with Gasteiger partial charge in [0, 0.05) is 10.8 Å². The van der Waals surface area contributed by atoms with Gasteiger partial charge in [0.1, 0.15) is 17.4 Å². The third-order valence-corrected chi connectivity index (χ3v) is 4.18. The first-order valence-electron chi connectivity index (χ1n) is 7.13. The molecule has 0 aliphatic rings. The third kappa shape index (κ3) is 4.05. The Hall–Kier alpha value is -1.39. The molecule has 1 heterocycles. The molecule has 0 bridgehead atoms. The molecule has 3 nitrogen and oxygen atoms in total. The lowest BCUT2D eigenvalue weighted by atomic mass is 9.93. The van der Waals surface area contributed by atoms with Crippen LogP contribution in [0.4, 0.5) is 0 Å². The van der Waals surface area contributed by atoms with E-state index in [0.717, 1.165) is 27.6 Å². The summed E-state index contributed by atoms with van der Waals surface area (Å²) in [7, 11) is 0. The summed E-state index contributed by atoms with van der Waals surface area (Å²) in [6, 6.07) is 5.77. The molecule has 1 N–H and O–H groups in total. The van der Waals surface area contributed by atoms with Gasteiger partial charge in [-0.15, -0.1) is 11.3 Å². The van der Waals surface area contributed by atoms with Crippen molar-refractivity contribution in [2.75, 3.05) is 0 Å². The number of aliphatic hydroxyl groups excluding tert-OH is 1. The predicted octanol–water partition coefficient (Wildman–Crippen LogP) is 4.38. The monoisotopic (exact) mass is 305 g/mol. The molecule has 0 fully saturated rings. The summed E-state index contributed by atoms with van der Waals surface area (Å²) in [5.74, 6) is 0.840. The van der Waals surface area contributed by atoms with E-state index in [1.54, 1.807) is 18.3 Å². The van der Waals surface area contributed by atoms with E-state index < -0.39 is 6.10 Å². The molecule has 0 saturated carbocycles. The maximum absolute atomic E-state index is 9.58. The fourth-order valence-electron chi connectivity index (χ4n) is 1.96. The van der Waals surface area contributed by atoms with Crippen molar-refractivity contribution in [2.24, 2.45) is 0 Å². The van der Waals surface area contributed by atoms with Gasteiger partial charge in [0.05, 0.1) is 11.8 Å². The van der Waals surface area contributed by atoms with E-state index in [-0.39, 0.29) is 5.41 Å². The molecular weight excluding hydrogens is 282 g/mol. The van der Waals surface area contributed by atoms with Crippen LogP contribution in [0, 0.1) is 6.92 Å². The lowest BCUT2D eigenvalue weighted by molar-refractivity contribution is 0.199. The molecule has 1 atom stereocenters. The van der Waals surface area contributed by atoms with Crippen molar-refractivity contribution in [3.05, 3.63) is 45.4 Å². The summed E-state index contributed by atoms with van der Waals surface area (Å²) in [4.78, 5) is 4.63. The third-order valence-electron chi connectivity index (χ3n) is 3.35. The highest BCUT2D eigenvalue weighted by Gasteiger charge is 2.17. The molecule has 114 valence electrons. The number of hydrogen-bond donors (Lipinski definition) is 1. The maximum Gasteiger partial charge on any atom is 0.140 e. The van der Waals surface area contributed by atoms with Gasteiger partial charge >= 0.3 is 0 Å². The van der Waals surface area contributed by atoms with Crippen LogP contribution in [-0.4, -0.2) is 10.1 Å². The van der Waals surface area contributed by atoms with Crippen molar-refractivity contribution in [3.63, 3.8) is 0 Å². The highest BCUT2D eigenvalue weighted by Crippen LogP contribution is 2.26. The molecule has 1 aromatic heterocycles. The first-order valence-corrected chi connectivity index (χ1v) is 8.01. The molecule has 2 rings (SSSR count). The lowest BCUT2D eigenvalue weighted by Crippen LogP contribution is -2.11. The minimum Gasteiger partial charge on any atom is -0.486 e. The number of aliphatic hydroxyl groups is 1. The molecule has 0 spiro atoms. The Morgan fingerprint density at radius 1 is 1.33 bits per heavy atom. The Balaban J connectivity index is 2.05. The Bertz CT molecular complexity index is 611.